The van der Waals surface area contributed by atoms with Crippen molar-refractivity contribution in [3.63, 3.8) is 0 Å². The molecule has 3 aromatic rings. The summed E-state index contributed by atoms with van der Waals surface area (Å²) in [5, 5.41) is 11.0. The van der Waals surface area contributed by atoms with Gasteiger partial charge in [-0.3, -0.25) is 0 Å². The smallest absolute Gasteiger partial charge is 0.342 e. The maximum Gasteiger partial charge on any atom is 0.342 e. The summed E-state index contributed by atoms with van der Waals surface area (Å²) in [7, 11) is 0. The van der Waals surface area contributed by atoms with E-state index in [2.05, 4.69) is 50.2 Å². The Morgan fingerprint density at radius 2 is 1.52 bits per heavy atom. The highest BCUT2D eigenvalue weighted by Crippen LogP contribution is 2.36. The normalized spacial score (nSPS) is 16.1. The Labute approximate surface area is 200 Å². The fourth-order valence-electron chi connectivity index (χ4n) is 4.36. The van der Waals surface area contributed by atoms with Crippen molar-refractivity contribution < 1.29 is 14.6 Å². The van der Waals surface area contributed by atoms with E-state index in [9.17, 15) is 9.90 Å². The first-order chi connectivity index (χ1) is 16.1. The molecule has 3 nitrogen and oxygen atoms in total. The number of rotatable bonds is 8. The molecule has 4 heteroatoms. The zero-order valence-corrected chi connectivity index (χ0v) is 20.0. The van der Waals surface area contributed by atoms with Crippen LogP contribution in [0, 0.1) is 0 Å². The van der Waals surface area contributed by atoms with E-state index >= 15 is 0 Å². The molecule has 0 spiro atoms. The fraction of sp³-hybridized carbons (Fsp3) is 0.276. The second kappa shape index (κ2) is 10.8. The van der Waals surface area contributed by atoms with E-state index in [1.807, 2.05) is 36.4 Å². The molecule has 0 amide bonds. The summed E-state index contributed by atoms with van der Waals surface area (Å²) in [6.45, 7) is 4.17. The maximum atomic E-state index is 13.1. The largest absolute Gasteiger partial charge is 0.511 e. The van der Waals surface area contributed by atoms with Gasteiger partial charge < -0.3 is 9.84 Å². The van der Waals surface area contributed by atoms with Crippen molar-refractivity contribution in [2.45, 2.75) is 50.5 Å². The van der Waals surface area contributed by atoms with E-state index < -0.39 is 5.97 Å². The number of aliphatic hydroxyl groups excluding tert-OH is 1. The zero-order chi connectivity index (χ0) is 23.2. The van der Waals surface area contributed by atoms with Gasteiger partial charge in [0.2, 0.25) is 0 Å². The van der Waals surface area contributed by atoms with Gasteiger partial charge in [-0.25, -0.2) is 4.79 Å². The van der Waals surface area contributed by atoms with Crippen LogP contribution in [0.4, 0.5) is 0 Å². The standard InChI is InChI=1S/C29H30O3S/c1-3-20-17-23(22-11-7-5-8-12-22)18-21(4-2)27(20)28-26(30)19-24(32-29(28)31)15-16-33-25-13-9-6-10-14-25/h5-14,17-18,24,30H,3-4,15-16,19H2,1-2H3. The van der Waals surface area contributed by atoms with Crippen molar-refractivity contribution in [1.82, 2.24) is 0 Å². The van der Waals surface area contributed by atoms with E-state index in [0.29, 0.717) is 18.4 Å². The highest BCUT2D eigenvalue weighted by Gasteiger charge is 2.32. The molecule has 4 rings (SSSR count). The molecular weight excluding hydrogens is 428 g/mol. The number of hydrogen-bond donors (Lipinski definition) is 1. The molecule has 33 heavy (non-hydrogen) atoms. The number of aryl methyl sites for hydroxylation is 2. The molecule has 1 N–H and O–H groups in total. The number of thioether (sulfide) groups is 1. The second-order valence-electron chi connectivity index (χ2n) is 8.25. The van der Waals surface area contributed by atoms with Crippen molar-refractivity contribution >= 4 is 23.3 Å². The van der Waals surface area contributed by atoms with Crippen LogP contribution in [0.1, 0.15) is 43.4 Å². The minimum absolute atomic E-state index is 0.151. The van der Waals surface area contributed by atoms with Gasteiger partial charge in [0.15, 0.2) is 0 Å². The molecule has 3 aromatic carbocycles. The van der Waals surface area contributed by atoms with E-state index in [1.54, 1.807) is 11.8 Å². The Balaban J connectivity index is 1.58. The molecule has 0 radical (unpaired) electrons. The van der Waals surface area contributed by atoms with Crippen LogP contribution in [0.15, 0.2) is 83.5 Å². The van der Waals surface area contributed by atoms with Crippen molar-refractivity contribution in [2.75, 3.05) is 5.75 Å². The average Bonchev–Trinajstić information content (AvgIpc) is 2.84. The Kier molecular flexibility index (Phi) is 7.56. The molecule has 1 aliphatic rings. The topological polar surface area (TPSA) is 46.5 Å². The van der Waals surface area contributed by atoms with Crippen LogP contribution in [0.5, 0.6) is 0 Å². The first-order valence-corrected chi connectivity index (χ1v) is 12.6. The quantitative estimate of drug-likeness (QED) is 0.285. The van der Waals surface area contributed by atoms with Gasteiger partial charge >= 0.3 is 5.97 Å². The van der Waals surface area contributed by atoms with Crippen LogP contribution in [0.2, 0.25) is 0 Å². The van der Waals surface area contributed by atoms with Gasteiger partial charge in [-0.2, -0.15) is 0 Å². The molecule has 170 valence electrons. The highest BCUT2D eigenvalue weighted by molar-refractivity contribution is 7.99. The number of carbonyl (C=O) groups excluding carboxylic acids is 1. The molecule has 0 fully saturated rings. The SMILES string of the molecule is CCc1cc(-c2ccccc2)cc(CC)c1C1=C(O)CC(CCSc2ccccc2)OC1=O. The number of cyclic esters (lactones) is 1. The summed E-state index contributed by atoms with van der Waals surface area (Å²) in [5.74, 6) is 0.569. The first kappa shape index (κ1) is 23.2. The Morgan fingerprint density at radius 1 is 0.909 bits per heavy atom. The molecule has 0 saturated heterocycles. The number of ether oxygens (including phenoxy) is 1. The molecule has 0 bridgehead atoms. The fourth-order valence-corrected chi connectivity index (χ4v) is 5.33. The van der Waals surface area contributed by atoms with Crippen LogP contribution in [0.3, 0.4) is 0 Å². The van der Waals surface area contributed by atoms with Crippen molar-refractivity contribution in [1.29, 1.82) is 0 Å². The van der Waals surface area contributed by atoms with Crippen molar-refractivity contribution in [2.24, 2.45) is 0 Å². The third kappa shape index (κ3) is 5.33. The van der Waals surface area contributed by atoms with Gasteiger partial charge in [0.05, 0.1) is 0 Å². The van der Waals surface area contributed by atoms with E-state index in [4.69, 9.17) is 4.74 Å². The molecule has 0 aliphatic carbocycles. The molecule has 1 atom stereocenters. The molecule has 1 aliphatic heterocycles. The summed E-state index contributed by atoms with van der Waals surface area (Å²) in [6.07, 6.45) is 2.31. The Hall–Kier alpha value is -2.98. The van der Waals surface area contributed by atoms with Gasteiger partial charge in [-0.1, -0.05) is 74.5 Å². The minimum Gasteiger partial charge on any atom is -0.511 e. The molecule has 1 heterocycles. The summed E-state index contributed by atoms with van der Waals surface area (Å²) in [4.78, 5) is 14.3. The number of carbonyl (C=O) groups is 1. The van der Waals surface area contributed by atoms with Crippen LogP contribution in [-0.2, 0) is 22.4 Å². The van der Waals surface area contributed by atoms with E-state index in [1.165, 1.54) is 4.90 Å². The second-order valence-corrected chi connectivity index (χ2v) is 9.41. The minimum atomic E-state index is -0.412. The van der Waals surface area contributed by atoms with Gasteiger partial charge in [0, 0.05) is 17.1 Å². The van der Waals surface area contributed by atoms with Crippen LogP contribution in [-0.4, -0.2) is 22.9 Å². The highest BCUT2D eigenvalue weighted by atomic mass is 32.2. The van der Waals surface area contributed by atoms with Gasteiger partial charge in [0.25, 0.3) is 0 Å². The lowest BCUT2D eigenvalue weighted by Gasteiger charge is -2.27. The first-order valence-electron chi connectivity index (χ1n) is 11.6. The third-order valence-corrected chi connectivity index (χ3v) is 7.11. The van der Waals surface area contributed by atoms with Crippen molar-refractivity contribution in [3.05, 3.63) is 95.2 Å². The van der Waals surface area contributed by atoms with Crippen LogP contribution < -0.4 is 0 Å². The third-order valence-electron chi connectivity index (χ3n) is 6.06. The average molecular weight is 459 g/mol. The van der Waals surface area contributed by atoms with Gasteiger partial charge in [0.1, 0.15) is 17.4 Å². The van der Waals surface area contributed by atoms with Crippen molar-refractivity contribution in [3.8, 4) is 11.1 Å². The lowest BCUT2D eigenvalue weighted by atomic mass is 9.86. The number of esters is 1. The lowest BCUT2D eigenvalue weighted by molar-refractivity contribution is -0.143. The molecule has 0 aromatic heterocycles. The summed E-state index contributed by atoms with van der Waals surface area (Å²) in [5.41, 5.74) is 5.59. The summed E-state index contributed by atoms with van der Waals surface area (Å²) >= 11 is 1.74. The zero-order valence-electron chi connectivity index (χ0n) is 19.2. The predicted octanol–water partition coefficient (Wildman–Crippen LogP) is 7.25. The Bertz CT molecular complexity index is 1110. The van der Waals surface area contributed by atoms with Gasteiger partial charge in [-0.05, 0) is 59.2 Å². The summed E-state index contributed by atoms with van der Waals surface area (Å²) in [6, 6.07) is 24.7. The number of aliphatic hydroxyl groups is 1. The Morgan fingerprint density at radius 3 is 2.09 bits per heavy atom. The predicted molar refractivity (Wildman–Crippen MR) is 136 cm³/mol. The summed E-state index contributed by atoms with van der Waals surface area (Å²) < 4.78 is 5.81. The molecular formula is C29H30O3S. The van der Waals surface area contributed by atoms with E-state index in [-0.39, 0.29) is 11.9 Å². The molecule has 0 saturated carbocycles. The van der Waals surface area contributed by atoms with Crippen LogP contribution in [0.25, 0.3) is 16.7 Å². The lowest BCUT2D eigenvalue weighted by Crippen LogP contribution is -2.27. The van der Waals surface area contributed by atoms with E-state index in [0.717, 1.165) is 46.4 Å². The molecule has 1 unspecified atom stereocenters. The van der Waals surface area contributed by atoms with Gasteiger partial charge in [-0.15, -0.1) is 11.8 Å². The number of hydrogen-bond acceptors (Lipinski definition) is 4. The van der Waals surface area contributed by atoms with Crippen LogP contribution >= 0.6 is 11.8 Å². The monoisotopic (exact) mass is 458 g/mol. The number of benzene rings is 3. The maximum absolute atomic E-state index is 13.1.